The van der Waals surface area contributed by atoms with E-state index in [1.165, 1.54) is 66.7 Å². The first-order valence-corrected chi connectivity index (χ1v) is 14.9. The van der Waals surface area contributed by atoms with Crippen LogP contribution in [-0.4, -0.2) is 6.71 Å². The van der Waals surface area contributed by atoms with Crippen LogP contribution >= 0.6 is 0 Å². The van der Waals surface area contributed by atoms with Gasteiger partial charge in [0.1, 0.15) is 0 Å². The molecule has 7 aromatic carbocycles. The summed E-state index contributed by atoms with van der Waals surface area (Å²) in [6, 6.07) is 59.6. The van der Waals surface area contributed by atoms with Crippen molar-refractivity contribution in [3.8, 4) is 11.1 Å². The van der Waals surface area contributed by atoms with Crippen LogP contribution in [-0.2, 0) is 0 Å². The van der Waals surface area contributed by atoms with Crippen LogP contribution in [0.3, 0.4) is 0 Å². The van der Waals surface area contributed by atoms with Crippen molar-refractivity contribution in [1.29, 1.82) is 0 Å². The van der Waals surface area contributed by atoms with Crippen LogP contribution in [0.15, 0.2) is 164 Å². The molecule has 0 aliphatic carbocycles. The van der Waals surface area contributed by atoms with Gasteiger partial charge in [-0.15, -0.1) is 0 Å². The first-order chi connectivity index (χ1) is 21.4. The van der Waals surface area contributed by atoms with Crippen LogP contribution in [0.25, 0.3) is 21.9 Å². The molecule has 3 heteroatoms. The Labute approximate surface area is 252 Å². The highest BCUT2D eigenvalue weighted by atomic mass is 15.2. The van der Waals surface area contributed by atoms with Crippen LogP contribution in [0.5, 0.6) is 0 Å². The van der Waals surface area contributed by atoms with Gasteiger partial charge in [-0.1, -0.05) is 115 Å². The van der Waals surface area contributed by atoms with E-state index < -0.39 is 0 Å². The second-order valence-electron chi connectivity index (χ2n) is 11.3. The molecule has 9 rings (SSSR count). The monoisotopic (exact) mass is 546 g/mol. The topological polar surface area (TPSA) is 6.48 Å². The zero-order valence-electron chi connectivity index (χ0n) is 23.6. The number of hydrogen-bond donors (Lipinski definition) is 0. The zero-order chi connectivity index (χ0) is 28.3. The lowest BCUT2D eigenvalue weighted by Gasteiger charge is -2.44. The van der Waals surface area contributed by atoms with E-state index in [0.717, 1.165) is 5.69 Å². The predicted octanol–water partition coefficient (Wildman–Crippen LogP) is 8.59. The Morgan fingerprint density at radius 1 is 0.372 bits per heavy atom. The Kier molecular flexibility index (Phi) is 5.33. The van der Waals surface area contributed by atoms with Crippen LogP contribution in [0, 0.1) is 0 Å². The maximum absolute atomic E-state index is 2.45. The number of rotatable bonds is 3. The fraction of sp³-hybridized carbons (Fsp3) is 0. The summed E-state index contributed by atoms with van der Waals surface area (Å²) in [7, 11) is 0. The number of benzene rings is 7. The fourth-order valence-electron chi connectivity index (χ4n) is 7.24. The first-order valence-electron chi connectivity index (χ1n) is 14.9. The molecule has 0 spiro atoms. The van der Waals surface area contributed by atoms with Gasteiger partial charge in [0.2, 0.25) is 0 Å². The average molecular weight is 546 g/mol. The van der Waals surface area contributed by atoms with E-state index in [0.29, 0.717) is 0 Å². The SMILES string of the molecule is c1ccc(N2c3ccccc3B3c4ccccc4N(c4ccc(-c5cccc6ccccc56)cc4)c4cccc2c43)cc1. The number of para-hydroxylation sites is 3. The molecular formula is C40H27BN2. The molecule has 7 aromatic rings. The second kappa shape index (κ2) is 9.50. The molecule has 0 unspecified atom stereocenters. The van der Waals surface area contributed by atoms with Gasteiger partial charge in [-0.25, -0.2) is 0 Å². The molecule has 2 heterocycles. The van der Waals surface area contributed by atoms with Crippen molar-refractivity contribution >= 4 is 68.0 Å². The quantitative estimate of drug-likeness (QED) is 0.205. The fourth-order valence-corrected chi connectivity index (χ4v) is 7.24. The van der Waals surface area contributed by atoms with Crippen molar-refractivity contribution in [2.75, 3.05) is 9.80 Å². The maximum atomic E-state index is 2.45. The minimum atomic E-state index is 0.157. The van der Waals surface area contributed by atoms with E-state index in [2.05, 4.69) is 174 Å². The van der Waals surface area contributed by atoms with Gasteiger partial charge in [0.15, 0.2) is 0 Å². The van der Waals surface area contributed by atoms with Crippen molar-refractivity contribution in [3.05, 3.63) is 164 Å². The van der Waals surface area contributed by atoms with Gasteiger partial charge in [0, 0.05) is 34.1 Å². The van der Waals surface area contributed by atoms with Crippen molar-refractivity contribution in [3.63, 3.8) is 0 Å². The van der Waals surface area contributed by atoms with E-state index in [1.807, 2.05) is 0 Å². The summed E-state index contributed by atoms with van der Waals surface area (Å²) in [5.74, 6) is 0. The molecule has 200 valence electrons. The minimum Gasteiger partial charge on any atom is -0.311 e. The van der Waals surface area contributed by atoms with Gasteiger partial charge in [0.05, 0.1) is 0 Å². The third kappa shape index (κ3) is 3.61. The molecule has 0 saturated heterocycles. The average Bonchev–Trinajstić information content (AvgIpc) is 3.08. The smallest absolute Gasteiger partial charge is 0.252 e. The highest BCUT2D eigenvalue weighted by Crippen LogP contribution is 2.43. The van der Waals surface area contributed by atoms with Gasteiger partial charge in [-0.3, -0.25) is 0 Å². The number of anilines is 6. The summed E-state index contributed by atoms with van der Waals surface area (Å²) in [5.41, 5.74) is 13.8. The van der Waals surface area contributed by atoms with Crippen LogP contribution in [0.2, 0.25) is 0 Å². The maximum Gasteiger partial charge on any atom is 0.252 e. The Hall–Kier alpha value is -5.54. The van der Waals surface area contributed by atoms with Crippen molar-refractivity contribution < 1.29 is 0 Å². The molecule has 0 amide bonds. The lowest BCUT2D eigenvalue weighted by Crippen LogP contribution is -2.61. The summed E-state index contributed by atoms with van der Waals surface area (Å²) in [6.45, 7) is 0.157. The first kappa shape index (κ1) is 24.1. The molecule has 0 bridgehead atoms. The van der Waals surface area contributed by atoms with Gasteiger partial charge in [-0.05, 0) is 86.8 Å². The Bertz CT molecular complexity index is 2150. The van der Waals surface area contributed by atoms with E-state index in [4.69, 9.17) is 0 Å². The third-order valence-corrected chi connectivity index (χ3v) is 9.05. The predicted molar refractivity (Wildman–Crippen MR) is 183 cm³/mol. The zero-order valence-corrected chi connectivity index (χ0v) is 23.6. The van der Waals surface area contributed by atoms with E-state index >= 15 is 0 Å². The molecule has 0 aromatic heterocycles. The summed E-state index contributed by atoms with van der Waals surface area (Å²) in [4.78, 5) is 4.88. The van der Waals surface area contributed by atoms with E-state index in [9.17, 15) is 0 Å². The van der Waals surface area contributed by atoms with Crippen LogP contribution < -0.4 is 26.2 Å². The standard InChI is InChI=1S/C40H27BN2/c1-2-14-30(15-3-1)42-36-20-8-6-18-34(36)41-35-19-7-9-21-37(35)43(39-23-11-22-38(42)40(39)41)31-26-24-29(25-27-31)33-17-10-13-28-12-4-5-16-32(28)33/h1-27H. The molecule has 0 radical (unpaired) electrons. The normalized spacial score (nSPS) is 13.0. The van der Waals surface area contributed by atoms with Crippen molar-refractivity contribution in [1.82, 2.24) is 0 Å². The van der Waals surface area contributed by atoms with Crippen LogP contribution in [0.4, 0.5) is 34.1 Å². The van der Waals surface area contributed by atoms with Gasteiger partial charge in [0.25, 0.3) is 6.71 Å². The lowest BCUT2D eigenvalue weighted by molar-refractivity contribution is 1.25. The Morgan fingerprint density at radius 3 is 1.58 bits per heavy atom. The van der Waals surface area contributed by atoms with Crippen LogP contribution in [0.1, 0.15) is 0 Å². The lowest BCUT2D eigenvalue weighted by atomic mass is 9.33. The summed E-state index contributed by atoms with van der Waals surface area (Å²) in [5, 5.41) is 2.54. The number of hydrogen-bond acceptors (Lipinski definition) is 2. The van der Waals surface area contributed by atoms with Gasteiger partial charge in [-0.2, -0.15) is 0 Å². The van der Waals surface area contributed by atoms with E-state index in [1.54, 1.807) is 0 Å². The summed E-state index contributed by atoms with van der Waals surface area (Å²) < 4.78 is 0. The highest BCUT2D eigenvalue weighted by Gasteiger charge is 2.42. The largest absolute Gasteiger partial charge is 0.311 e. The molecular weight excluding hydrogens is 519 g/mol. The second-order valence-corrected chi connectivity index (χ2v) is 11.3. The molecule has 0 atom stereocenters. The molecule has 2 aliphatic heterocycles. The van der Waals surface area contributed by atoms with Gasteiger partial charge < -0.3 is 9.80 Å². The molecule has 2 aliphatic rings. The minimum absolute atomic E-state index is 0.157. The molecule has 0 N–H and O–H groups in total. The summed E-state index contributed by atoms with van der Waals surface area (Å²) in [6.07, 6.45) is 0. The number of fused-ring (bicyclic) bond motifs is 5. The molecule has 0 saturated carbocycles. The summed E-state index contributed by atoms with van der Waals surface area (Å²) >= 11 is 0. The van der Waals surface area contributed by atoms with Gasteiger partial charge >= 0.3 is 0 Å². The third-order valence-electron chi connectivity index (χ3n) is 9.05. The van der Waals surface area contributed by atoms with E-state index in [-0.39, 0.29) is 6.71 Å². The number of nitrogens with zero attached hydrogens (tertiary/aromatic N) is 2. The molecule has 2 nitrogen and oxygen atoms in total. The van der Waals surface area contributed by atoms with Crippen molar-refractivity contribution in [2.45, 2.75) is 0 Å². The Balaban J connectivity index is 1.25. The highest BCUT2D eigenvalue weighted by molar-refractivity contribution is 7.00. The van der Waals surface area contributed by atoms with Crippen molar-refractivity contribution in [2.24, 2.45) is 0 Å². The molecule has 43 heavy (non-hydrogen) atoms. The Morgan fingerprint density at radius 2 is 0.884 bits per heavy atom. The molecule has 0 fully saturated rings.